The molecule has 4 aromatic rings. The van der Waals surface area contributed by atoms with Crippen molar-refractivity contribution < 1.29 is 30.3 Å². The molecule has 31 heavy (non-hydrogen) atoms. The Morgan fingerprint density at radius 2 is 1.19 bits per heavy atom. The van der Waals surface area contributed by atoms with E-state index >= 15 is 0 Å². The molecule has 4 rings (SSSR count). The minimum atomic E-state index is -1.11. The number of aromatic hydroxyl groups is 4. The van der Waals surface area contributed by atoms with Crippen LogP contribution in [0.5, 0.6) is 23.0 Å². The Morgan fingerprint density at radius 1 is 0.581 bits per heavy atom. The fourth-order valence-electron chi connectivity index (χ4n) is 2.98. The summed E-state index contributed by atoms with van der Waals surface area (Å²) in [4.78, 5) is 11.1. The molecular formula is C25H20O6. The number of hydrogen-bond donors (Lipinski definition) is 5. The minimum Gasteiger partial charge on any atom is -0.508 e. The molecule has 0 spiro atoms. The summed E-state index contributed by atoms with van der Waals surface area (Å²) in [6.07, 6.45) is 0. The van der Waals surface area contributed by atoms with Gasteiger partial charge in [-0.05, 0) is 53.1 Å². The van der Waals surface area contributed by atoms with Gasteiger partial charge in [-0.1, -0.05) is 54.6 Å². The van der Waals surface area contributed by atoms with Crippen LogP contribution in [0.3, 0.4) is 0 Å². The van der Waals surface area contributed by atoms with Crippen LogP contribution in [-0.2, 0) is 0 Å². The average molecular weight is 416 g/mol. The predicted molar refractivity (Wildman–Crippen MR) is 117 cm³/mol. The van der Waals surface area contributed by atoms with E-state index in [2.05, 4.69) is 0 Å². The third kappa shape index (κ3) is 5.13. The van der Waals surface area contributed by atoms with Crippen molar-refractivity contribution >= 4 is 5.97 Å². The molecule has 5 N–H and O–H groups in total. The van der Waals surface area contributed by atoms with Gasteiger partial charge >= 0.3 is 5.97 Å². The third-order valence-corrected chi connectivity index (χ3v) is 4.51. The monoisotopic (exact) mass is 416 g/mol. The Bertz CT molecular complexity index is 1180. The second-order valence-corrected chi connectivity index (χ2v) is 6.62. The van der Waals surface area contributed by atoms with E-state index in [4.69, 9.17) is 10.2 Å². The maximum Gasteiger partial charge on any atom is 0.336 e. The number of phenolic OH excluding ortho intramolecular Hbond substituents is 4. The first-order chi connectivity index (χ1) is 14.9. The molecule has 0 radical (unpaired) electrons. The van der Waals surface area contributed by atoms with Crippen molar-refractivity contribution in [3.05, 3.63) is 96.6 Å². The van der Waals surface area contributed by atoms with Gasteiger partial charge in [-0.25, -0.2) is 4.79 Å². The average Bonchev–Trinajstić information content (AvgIpc) is 2.77. The van der Waals surface area contributed by atoms with Gasteiger partial charge in [-0.15, -0.1) is 0 Å². The van der Waals surface area contributed by atoms with Gasteiger partial charge in [0.2, 0.25) is 0 Å². The van der Waals surface area contributed by atoms with Crippen molar-refractivity contribution in [2.75, 3.05) is 0 Å². The topological polar surface area (TPSA) is 118 Å². The van der Waals surface area contributed by atoms with Gasteiger partial charge in [0.25, 0.3) is 0 Å². The van der Waals surface area contributed by atoms with Crippen LogP contribution in [-0.4, -0.2) is 31.5 Å². The normalized spacial score (nSPS) is 10.1. The van der Waals surface area contributed by atoms with Gasteiger partial charge in [0.1, 0.15) is 11.5 Å². The molecule has 0 aromatic heterocycles. The Hall–Kier alpha value is -4.45. The van der Waals surface area contributed by atoms with Crippen LogP contribution in [0.1, 0.15) is 10.4 Å². The zero-order valence-corrected chi connectivity index (χ0v) is 16.3. The number of rotatable bonds is 3. The van der Waals surface area contributed by atoms with Gasteiger partial charge in [0.15, 0.2) is 11.5 Å². The summed E-state index contributed by atoms with van der Waals surface area (Å²) in [5, 5.41) is 46.4. The number of carbonyl (C=O) groups is 1. The maximum atomic E-state index is 11.1. The van der Waals surface area contributed by atoms with E-state index in [0.717, 1.165) is 5.56 Å². The number of benzene rings is 4. The second kappa shape index (κ2) is 9.37. The molecule has 0 amide bonds. The largest absolute Gasteiger partial charge is 0.508 e. The molecule has 6 heteroatoms. The number of carboxylic acid groups (broad SMARTS) is 1. The standard InChI is InChI=1S/C13H10O4.C12H10O2/c14-9-3-1-8(2-4-9)11-6-5-10(15)7-12(11)13(16)17;13-11-8-4-7-10(12(11)14)9-5-2-1-3-6-9/h1-7,14-15H,(H,16,17);1-8,13-14H. The SMILES string of the molecule is O=C(O)c1cc(O)ccc1-c1ccc(O)cc1.Oc1cccc(-c2ccccc2)c1O. The zero-order chi connectivity index (χ0) is 22.4. The van der Waals surface area contributed by atoms with Crippen LogP contribution in [0, 0.1) is 0 Å². The van der Waals surface area contributed by atoms with Gasteiger partial charge < -0.3 is 25.5 Å². The lowest BCUT2D eigenvalue weighted by Gasteiger charge is -2.07. The molecule has 0 unspecified atom stereocenters. The summed E-state index contributed by atoms with van der Waals surface area (Å²) in [6.45, 7) is 0. The highest BCUT2D eigenvalue weighted by atomic mass is 16.4. The molecule has 4 aromatic carbocycles. The summed E-state index contributed by atoms with van der Waals surface area (Å²) in [7, 11) is 0. The number of aromatic carboxylic acids is 1. The lowest BCUT2D eigenvalue weighted by molar-refractivity contribution is 0.0697. The highest BCUT2D eigenvalue weighted by Gasteiger charge is 2.12. The van der Waals surface area contributed by atoms with E-state index < -0.39 is 5.97 Å². The van der Waals surface area contributed by atoms with E-state index in [-0.39, 0.29) is 28.6 Å². The van der Waals surface area contributed by atoms with Crippen molar-refractivity contribution in [3.8, 4) is 45.3 Å². The molecular weight excluding hydrogens is 396 g/mol. The number of para-hydroxylation sites is 1. The highest BCUT2D eigenvalue weighted by molar-refractivity contribution is 5.96. The molecule has 0 aliphatic heterocycles. The first-order valence-corrected chi connectivity index (χ1v) is 9.29. The second-order valence-electron chi connectivity index (χ2n) is 6.62. The smallest absolute Gasteiger partial charge is 0.336 e. The highest BCUT2D eigenvalue weighted by Crippen LogP contribution is 2.35. The van der Waals surface area contributed by atoms with Crippen LogP contribution < -0.4 is 0 Å². The lowest BCUT2D eigenvalue weighted by atomic mass is 9.99. The molecule has 156 valence electrons. The molecule has 0 bridgehead atoms. The lowest BCUT2D eigenvalue weighted by Crippen LogP contribution is -1.99. The van der Waals surface area contributed by atoms with Crippen LogP contribution >= 0.6 is 0 Å². The minimum absolute atomic E-state index is 0.0238. The van der Waals surface area contributed by atoms with Crippen LogP contribution in [0.2, 0.25) is 0 Å². The van der Waals surface area contributed by atoms with E-state index in [0.29, 0.717) is 16.7 Å². The van der Waals surface area contributed by atoms with E-state index in [9.17, 15) is 20.1 Å². The summed E-state index contributed by atoms with van der Waals surface area (Å²) in [6, 6.07) is 24.7. The summed E-state index contributed by atoms with van der Waals surface area (Å²) < 4.78 is 0. The first-order valence-electron chi connectivity index (χ1n) is 9.29. The Kier molecular flexibility index (Phi) is 6.42. The molecule has 0 heterocycles. The quantitative estimate of drug-likeness (QED) is 0.292. The van der Waals surface area contributed by atoms with Gasteiger partial charge in [0, 0.05) is 5.56 Å². The molecule has 6 nitrogen and oxygen atoms in total. The summed E-state index contributed by atoms with van der Waals surface area (Å²) in [5.74, 6) is -1.25. The van der Waals surface area contributed by atoms with Gasteiger partial charge in [0.05, 0.1) is 5.56 Å². The number of phenols is 4. The van der Waals surface area contributed by atoms with E-state index in [1.807, 2.05) is 30.3 Å². The Labute approximate surface area is 178 Å². The van der Waals surface area contributed by atoms with Crippen molar-refractivity contribution in [2.24, 2.45) is 0 Å². The first kappa shape index (κ1) is 21.3. The summed E-state index contributed by atoms with van der Waals surface area (Å²) >= 11 is 0. The van der Waals surface area contributed by atoms with Crippen molar-refractivity contribution in [3.63, 3.8) is 0 Å². The van der Waals surface area contributed by atoms with Gasteiger partial charge in [-0.3, -0.25) is 0 Å². The third-order valence-electron chi connectivity index (χ3n) is 4.51. The fraction of sp³-hybridized carbons (Fsp3) is 0. The van der Waals surface area contributed by atoms with E-state index in [1.165, 1.54) is 36.4 Å². The number of carboxylic acids is 1. The Morgan fingerprint density at radius 3 is 1.84 bits per heavy atom. The van der Waals surface area contributed by atoms with Crippen LogP contribution in [0.4, 0.5) is 0 Å². The molecule has 0 fully saturated rings. The Balaban J connectivity index is 0.000000179. The van der Waals surface area contributed by atoms with Crippen LogP contribution in [0.15, 0.2) is 91.0 Å². The van der Waals surface area contributed by atoms with Crippen molar-refractivity contribution in [1.29, 1.82) is 0 Å². The number of hydrogen-bond acceptors (Lipinski definition) is 5. The predicted octanol–water partition coefficient (Wildman–Crippen LogP) is 5.23. The van der Waals surface area contributed by atoms with Crippen molar-refractivity contribution in [1.82, 2.24) is 0 Å². The van der Waals surface area contributed by atoms with Crippen molar-refractivity contribution in [2.45, 2.75) is 0 Å². The molecule has 0 aliphatic rings. The molecule has 0 saturated heterocycles. The fourth-order valence-corrected chi connectivity index (χ4v) is 2.98. The zero-order valence-electron chi connectivity index (χ0n) is 16.3. The molecule has 0 atom stereocenters. The van der Waals surface area contributed by atoms with Crippen LogP contribution in [0.25, 0.3) is 22.3 Å². The van der Waals surface area contributed by atoms with E-state index in [1.54, 1.807) is 24.3 Å². The summed E-state index contributed by atoms with van der Waals surface area (Å²) in [5.41, 5.74) is 2.72. The molecule has 0 saturated carbocycles. The van der Waals surface area contributed by atoms with Gasteiger partial charge in [-0.2, -0.15) is 0 Å². The maximum absolute atomic E-state index is 11.1. The molecule has 0 aliphatic carbocycles.